The van der Waals surface area contributed by atoms with Gasteiger partial charge in [-0.25, -0.2) is 4.79 Å². The van der Waals surface area contributed by atoms with Gasteiger partial charge in [-0.3, -0.25) is 0 Å². The van der Waals surface area contributed by atoms with Gasteiger partial charge in [-0.05, 0) is 43.4 Å². The highest BCUT2D eigenvalue weighted by atomic mass is 16.5. The van der Waals surface area contributed by atoms with Crippen LogP contribution in [0.4, 0.5) is 0 Å². The molecule has 0 aromatic rings. The molecule has 0 aliphatic carbocycles. The topological polar surface area (TPSA) is 74.2 Å². The Hall–Kier alpha value is -0.690. The van der Waals surface area contributed by atoms with Gasteiger partial charge in [-0.2, -0.15) is 0 Å². The molecule has 0 spiro atoms. The van der Waals surface area contributed by atoms with Crippen molar-refractivity contribution < 1.29 is 28.8 Å². The van der Waals surface area contributed by atoms with Crippen molar-refractivity contribution in [3.63, 3.8) is 0 Å². The zero-order valence-corrected chi connectivity index (χ0v) is 20.5. The summed E-state index contributed by atoms with van der Waals surface area (Å²) in [5.74, 6) is 1.20. The molecule has 0 unspecified atom stereocenters. The van der Waals surface area contributed by atoms with E-state index in [-0.39, 0.29) is 6.61 Å². The largest absolute Gasteiger partial charge is 0.480 e. The van der Waals surface area contributed by atoms with Crippen LogP contribution >= 0.6 is 0 Å². The Labute approximate surface area is 180 Å². The zero-order valence-electron chi connectivity index (χ0n) is 20.5. The van der Waals surface area contributed by atoms with E-state index in [9.17, 15) is 4.79 Å². The average molecular weight is 423 g/mol. The van der Waals surface area contributed by atoms with E-state index in [0.29, 0.717) is 19.1 Å². The maximum Gasteiger partial charge on any atom is 0.329 e. The average Bonchev–Trinajstić information content (AvgIpc) is 2.63. The van der Waals surface area contributed by atoms with Gasteiger partial charge in [0.05, 0.1) is 13.2 Å². The number of ether oxygens (including phenoxy) is 4. The molecule has 0 aliphatic rings. The molecular weight excluding hydrogens is 372 g/mol. The van der Waals surface area contributed by atoms with Crippen molar-refractivity contribution in [3.8, 4) is 0 Å². The monoisotopic (exact) mass is 422 g/mol. The molecule has 6 nitrogen and oxygen atoms in total. The minimum absolute atomic E-state index is 0.174. The van der Waals surface area contributed by atoms with Gasteiger partial charge in [-0.15, -0.1) is 0 Å². The van der Waals surface area contributed by atoms with Crippen LogP contribution < -0.4 is 0 Å². The zero-order chi connectivity index (χ0) is 22.9. The van der Waals surface area contributed by atoms with E-state index < -0.39 is 5.97 Å². The summed E-state index contributed by atoms with van der Waals surface area (Å²) in [6.45, 7) is 19.6. The molecule has 0 radical (unpaired) electrons. The number of rotatable bonds is 16. The molecule has 0 rings (SSSR count). The molecule has 0 atom stereocenters. The van der Waals surface area contributed by atoms with Gasteiger partial charge in [-0.1, -0.05) is 48.5 Å². The molecule has 1 N–H and O–H groups in total. The summed E-state index contributed by atoms with van der Waals surface area (Å²) < 4.78 is 20.2. The number of carboxylic acid groups (broad SMARTS) is 1. The first-order valence-electron chi connectivity index (χ1n) is 11.1. The summed E-state index contributed by atoms with van der Waals surface area (Å²) in [6, 6.07) is 0. The first-order chi connectivity index (χ1) is 13.7. The second-order valence-corrected chi connectivity index (χ2v) is 8.21. The maximum atomic E-state index is 9.92. The summed E-state index contributed by atoms with van der Waals surface area (Å²) >= 11 is 0. The van der Waals surface area contributed by atoms with Crippen LogP contribution in [0.25, 0.3) is 0 Å². The summed E-state index contributed by atoms with van der Waals surface area (Å²) in [6.07, 6.45) is 4.40. The van der Waals surface area contributed by atoms with Crippen LogP contribution in [-0.2, 0) is 23.7 Å². The molecule has 0 saturated carbocycles. The second kappa shape index (κ2) is 27.3. The Morgan fingerprint density at radius 1 is 0.690 bits per heavy atom. The van der Waals surface area contributed by atoms with Gasteiger partial charge >= 0.3 is 5.97 Å². The number of aliphatic carboxylic acids is 1. The van der Waals surface area contributed by atoms with E-state index in [1.165, 1.54) is 6.42 Å². The molecule has 0 aromatic heterocycles. The summed E-state index contributed by atoms with van der Waals surface area (Å²) in [4.78, 5) is 9.92. The van der Waals surface area contributed by atoms with Crippen molar-refractivity contribution in [1.82, 2.24) is 0 Å². The quantitative estimate of drug-likeness (QED) is 0.341. The number of hydrogen-bond acceptors (Lipinski definition) is 5. The summed E-state index contributed by atoms with van der Waals surface area (Å²) in [5, 5.41) is 8.15. The van der Waals surface area contributed by atoms with Gasteiger partial charge in [0.15, 0.2) is 0 Å². The van der Waals surface area contributed by atoms with E-state index >= 15 is 0 Å². The molecule has 0 bridgehead atoms. The predicted octanol–water partition coefficient (Wildman–Crippen LogP) is 5.29. The van der Waals surface area contributed by atoms with Gasteiger partial charge in [0.2, 0.25) is 0 Å². The van der Waals surface area contributed by atoms with Gasteiger partial charge in [0.25, 0.3) is 0 Å². The molecule has 0 amide bonds. The van der Waals surface area contributed by atoms with E-state index in [0.717, 1.165) is 57.5 Å². The van der Waals surface area contributed by atoms with E-state index in [1.54, 1.807) is 7.11 Å². The Bertz CT molecular complexity index is 306. The SMILES string of the molecule is CC(C)CCOCC(=O)O.CCCOCCC(C)C.COCCOCCC(C)C. The van der Waals surface area contributed by atoms with Crippen LogP contribution in [0.5, 0.6) is 0 Å². The number of methoxy groups -OCH3 is 1. The van der Waals surface area contributed by atoms with Crippen LogP contribution in [0.1, 0.15) is 74.1 Å². The van der Waals surface area contributed by atoms with Crippen LogP contribution in [0.3, 0.4) is 0 Å². The van der Waals surface area contributed by atoms with Crippen molar-refractivity contribution in [1.29, 1.82) is 0 Å². The normalized spacial score (nSPS) is 10.6. The van der Waals surface area contributed by atoms with Gasteiger partial charge in [0.1, 0.15) is 6.61 Å². The smallest absolute Gasteiger partial charge is 0.329 e. The lowest BCUT2D eigenvalue weighted by molar-refractivity contribution is -0.142. The second-order valence-electron chi connectivity index (χ2n) is 8.21. The fourth-order valence-electron chi connectivity index (χ4n) is 1.61. The molecule has 0 saturated heterocycles. The Kier molecular flexibility index (Phi) is 31.0. The van der Waals surface area contributed by atoms with Crippen molar-refractivity contribution in [2.45, 2.75) is 74.1 Å². The van der Waals surface area contributed by atoms with Crippen LogP contribution in [0.2, 0.25) is 0 Å². The molecule has 178 valence electrons. The van der Waals surface area contributed by atoms with Crippen molar-refractivity contribution in [2.24, 2.45) is 17.8 Å². The fourth-order valence-corrected chi connectivity index (χ4v) is 1.61. The van der Waals surface area contributed by atoms with Crippen molar-refractivity contribution in [3.05, 3.63) is 0 Å². The van der Waals surface area contributed by atoms with Crippen molar-refractivity contribution in [2.75, 3.05) is 53.4 Å². The van der Waals surface area contributed by atoms with Crippen LogP contribution in [0, 0.1) is 17.8 Å². The molecule has 29 heavy (non-hydrogen) atoms. The third-order valence-electron chi connectivity index (χ3n) is 3.52. The lowest BCUT2D eigenvalue weighted by Gasteiger charge is -2.04. The molecule has 0 aliphatic heterocycles. The Morgan fingerprint density at radius 2 is 1.10 bits per heavy atom. The van der Waals surface area contributed by atoms with E-state index in [1.807, 2.05) is 0 Å². The number of carbonyl (C=O) groups is 1. The third-order valence-corrected chi connectivity index (χ3v) is 3.52. The summed E-state index contributed by atoms with van der Waals surface area (Å²) in [5.41, 5.74) is 0. The van der Waals surface area contributed by atoms with E-state index in [4.69, 9.17) is 24.1 Å². The van der Waals surface area contributed by atoms with E-state index in [2.05, 4.69) is 48.5 Å². The lowest BCUT2D eigenvalue weighted by atomic mass is 10.1. The highest BCUT2D eigenvalue weighted by Crippen LogP contribution is 1.99. The highest BCUT2D eigenvalue weighted by molar-refractivity contribution is 5.67. The highest BCUT2D eigenvalue weighted by Gasteiger charge is 1.97. The minimum Gasteiger partial charge on any atom is -0.480 e. The Balaban J connectivity index is -0.000000350. The molecular formula is C23H50O6. The minimum atomic E-state index is -0.899. The predicted molar refractivity (Wildman–Crippen MR) is 121 cm³/mol. The van der Waals surface area contributed by atoms with Gasteiger partial charge < -0.3 is 24.1 Å². The number of hydrogen-bond donors (Lipinski definition) is 1. The standard InChI is InChI=1S/C8H18O2.C8H18O.C7H14O3/c1-8(2)4-5-10-7-6-9-3;1-4-6-9-7-5-8(2)3;1-6(2)3-4-10-5-7(8)9/h8H,4-7H2,1-3H3;8H,4-7H2,1-3H3;6H,3-5H2,1-2H3,(H,8,9). The fraction of sp³-hybridized carbons (Fsp3) is 0.957. The maximum absolute atomic E-state index is 9.92. The van der Waals surface area contributed by atoms with Gasteiger partial charge in [0, 0.05) is 33.5 Å². The molecule has 0 aromatic carbocycles. The van der Waals surface area contributed by atoms with Crippen molar-refractivity contribution >= 4 is 5.97 Å². The number of carboxylic acids is 1. The van der Waals surface area contributed by atoms with Crippen LogP contribution in [-0.4, -0.2) is 64.4 Å². The molecule has 0 heterocycles. The first-order valence-corrected chi connectivity index (χ1v) is 11.1. The first kappa shape index (κ1) is 33.0. The Morgan fingerprint density at radius 3 is 1.45 bits per heavy atom. The lowest BCUT2D eigenvalue weighted by Crippen LogP contribution is -2.08. The van der Waals surface area contributed by atoms with Crippen LogP contribution in [0.15, 0.2) is 0 Å². The summed E-state index contributed by atoms with van der Waals surface area (Å²) in [7, 11) is 1.69. The third kappa shape index (κ3) is 46.9. The molecule has 0 fully saturated rings. The molecule has 6 heteroatoms.